The number of carbonyl (C=O) groups is 1. The maximum atomic E-state index is 14.5. The number of halogens is 1. The van der Waals surface area contributed by atoms with Crippen LogP contribution in [0.25, 0.3) is 0 Å². The van der Waals surface area contributed by atoms with Gasteiger partial charge in [-0.1, -0.05) is 13.0 Å². The van der Waals surface area contributed by atoms with Gasteiger partial charge in [-0.25, -0.2) is 9.18 Å². The number of anilines is 1. The van der Waals surface area contributed by atoms with Gasteiger partial charge in [-0.3, -0.25) is 0 Å². The van der Waals surface area contributed by atoms with Crippen molar-refractivity contribution in [3.63, 3.8) is 0 Å². The third-order valence-electron chi connectivity index (χ3n) is 5.62. The molecule has 2 amide bonds. The number of rotatable bonds is 4. The van der Waals surface area contributed by atoms with Crippen molar-refractivity contribution >= 4 is 11.7 Å². The standard InChI is InChI=1S/C20H30FN3O2/c1-2-16-5-3-4-10-24(16)20(26)22-14-15-6-7-19(18(21)13-15)23-11-8-17(25)9-12-23/h6-7,13,16-17,25H,2-5,8-12,14H2,1H3,(H,22,26). The summed E-state index contributed by atoms with van der Waals surface area (Å²) in [6.45, 7) is 4.59. The number of urea groups is 1. The fourth-order valence-corrected chi connectivity index (χ4v) is 4.00. The predicted octanol–water partition coefficient (Wildman–Crippen LogP) is 3.26. The molecule has 1 aromatic carbocycles. The van der Waals surface area contributed by atoms with E-state index in [0.717, 1.165) is 31.4 Å². The number of nitrogens with zero attached hydrogens (tertiary/aromatic N) is 2. The molecule has 1 atom stereocenters. The molecule has 1 unspecified atom stereocenters. The van der Waals surface area contributed by atoms with E-state index in [1.807, 2.05) is 15.9 Å². The van der Waals surface area contributed by atoms with Gasteiger partial charge in [-0.15, -0.1) is 0 Å². The number of hydrogen-bond donors (Lipinski definition) is 2. The normalized spacial score (nSPS) is 21.7. The van der Waals surface area contributed by atoms with Crippen LogP contribution in [-0.2, 0) is 6.54 Å². The van der Waals surface area contributed by atoms with E-state index in [2.05, 4.69) is 12.2 Å². The summed E-state index contributed by atoms with van der Waals surface area (Å²) < 4.78 is 14.5. The molecule has 5 nitrogen and oxygen atoms in total. The van der Waals surface area contributed by atoms with Crippen molar-refractivity contribution in [3.8, 4) is 0 Å². The number of aliphatic hydroxyl groups is 1. The van der Waals surface area contributed by atoms with Gasteiger partial charge in [-0.05, 0) is 56.2 Å². The average Bonchev–Trinajstić information content (AvgIpc) is 2.67. The highest BCUT2D eigenvalue weighted by molar-refractivity contribution is 5.74. The molecule has 2 aliphatic rings. The lowest BCUT2D eigenvalue weighted by Crippen LogP contribution is -2.48. The van der Waals surface area contributed by atoms with Gasteiger partial charge in [0.15, 0.2) is 0 Å². The first kappa shape index (κ1) is 19.0. The second kappa shape index (κ2) is 8.71. The Morgan fingerprint density at radius 3 is 2.69 bits per heavy atom. The minimum absolute atomic E-state index is 0.0500. The van der Waals surface area contributed by atoms with E-state index in [9.17, 15) is 14.3 Å². The minimum atomic E-state index is -0.273. The number of benzene rings is 1. The van der Waals surface area contributed by atoms with Gasteiger partial charge in [0, 0.05) is 32.2 Å². The third kappa shape index (κ3) is 4.47. The fourth-order valence-electron chi connectivity index (χ4n) is 4.00. The number of nitrogens with one attached hydrogen (secondary N) is 1. The number of hydrogen-bond acceptors (Lipinski definition) is 3. The Morgan fingerprint density at radius 1 is 1.23 bits per heavy atom. The Balaban J connectivity index is 1.57. The summed E-state index contributed by atoms with van der Waals surface area (Å²) >= 11 is 0. The van der Waals surface area contributed by atoms with Crippen LogP contribution in [0.4, 0.5) is 14.9 Å². The average molecular weight is 363 g/mol. The molecule has 0 bridgehead atoms. The van der Waals surface area contributed by atoms with Gasteiger partial charge in [-0.2, -0.15) is 0 Å². The van der Waals surface area contributed by atoms with E-state index >= 15 is 0 Å². The van der Waals surface area contributed by atoms with E-state index in [1.54, 1.807) is 6.07 Å². The molecule has 2 N–H and O–H groups in total. The van der Waals surface area contributed by atoms with E-state index in [-0.39, 0.29) is 18.0 Å². The summed E-state index contributed by atoms with van der Waals surface area (Å²) in [6, 6.07) is 5.43. The lowest BCUT2D eigenvalue weighted by molar-refractivity contribution is 0.145. The molecule has 0 saturated carbocycles. The van der Waals surface area contributed by atoms with Crippen LogP contribution in [0.1, 0.15) is 51.0 Å². The van der Waals surface area contributed by atoms with Gasteiger partial charge in [0.1, 0.15) is 5.82 Å². The third-order valence-corrected chi connectivity index (χ3v) is 5.62. The van der Waals surface area contributed by atoms with Crippen molar-refractivity contribution in [3.05, 3.63) is 29.6 Å². The first-order valence-electron chi connectivity index (χ1n) is 9.84. The zero-order valence-corrected chi connectivity index (χ0v) is 15.6. The first-order valence-corrected chi connectivity index (χ1v) is 9.84. The van der Waals surface area contributed by atoms with Gasteiger partial charge in [0.25, 0.3) is 0 Å². The maximum Gasteiger partial charge on any atom is 0.317 e. The lowest BCUT2D eigenvalue weighted by Gasteiger charge is -2.35. The van der Waals surface area contributed by atoms with Crippen molar-refractivity contribution in [2.24, 2.45) is 0 Å². The van der Waals surface area contributed by atoms with Crippen molar-refractivity contribution in [2.45, 2.75) is 64.1 Å². The van der Waals surface area contributed by atoms with E-state index in [1.165, 1.54) is 12.5 Å². The SMILES string of the molecule is CCC1CCCCN1C(=O)NCc1ccc(N2CCC(O)CC2)c(F)c1. The van der Waals surface area contributed by atoms with Gasteiger partial charge in [0.05, 0.1) is 11.8 Å². The number of piperidine rings is 2. The lowest BCUT2D eigenvalue weighted by atomic mass is 10.0. The molecular formula is C20H30FN3O2. The topological polar surface area (TPSA) is 55.8 Å². The molecule has 1 aromatic rings. The molecule has 2 fully saturated rings. The molecule has 3 rings (SSSR count). The number of carbonyl (C=O) groups excluding carboxylic acids is 1. The van der Waals surface area contributed by atoms with Crippen LogP contribution < -0.4 is 10.2 Å². The summed E-state index contributed by atoms with van der Waals surface area (Å²) in [6.07, 6.45) is 5.35. The van der Waals surface area contributed by atoms with Crippen molar-refractivity contribution in [2.75, 3.05) is 24.5 Å². The summed E-state index contributed by atoms with van der Waals surface area (Å²) in [5.41, 5.74) is 1.34. The Bertz CT molecular complexity index is 617. The zero-order valence-electron chi connectivity index (χ0n) is 15.6. The zero-order chi connectivity index (χ0) is 18.5. The molecule has 2 saturated heterocycles. The highest BCUT2D eigenvalue weighted by atomic mass is 19.1. The number of aliphatic hydroxyl groups excluding tert-OH is 1. The highest BCUT2D eigenvalue weighted by Crippen LogP contribution is 2.24. The Hall–Kier alpha value is -1.82. The van der Waals surface area contributed by atoms with Crippen LogP contribution in [0.2, 0.25) is 0 Å². The molecule has 2 aliphatic heterocycles. The molecular weight excluding hydrogens is 333 g/mol. The van der Waals surface area contributed by atoms with Crippen LogP contribution in [0, 0.1) is 5.82 Å². The highest BCUT2D eigenvalue weighted by Gasteiger charge is 2.25. The van der Waals surface area contributed by atoms with E-state index in [4.69, 9.17) is 0 Å². The van der Waals surface area contributed by atoms with Crippen LogP contribution in [0.5, 0.6) is 0 Å². The molecule has 6 heteroatoms. The number of amides is 2. The second-order valence-corrected chi connectivity index (χ2v) is 7.41. The second-order valence-electron chi connectivity index (χ2n) is 7.41. The van der Waals surface area contributed by atoms with Gasteiger partial charge >= 0.3 is 6.03 Å². The fraction of sp³-hybridized carbons (Fsp3) is 0.650. The van der Waals surface area contributed by atoms with Crippen LogP contribution in [-0.4, -0.2) is 47.8 Å². The summed E-state index contributed by atoms with van der Waals surface area (Å²) in [7, 11) is 0. The van der Waals surface area contributed by atoms with Crippen molar-refractivity contribution < 1.29 is 14.3 Å². The van der Waals surface area contributed by atoms with Gasteiger partial charge < -0.3 is 20.2 Å². The molecule has 0 aliphatic carbocycles. The van der Waals surface area contributed by atoms with Crippen LogP contribution in [0.3, 0.4) is 0 Å². The Morgan fingerprint density at radius 2 is 2.00 bits per heavy atom. The Kier molecular flexibility index (Phi) is 6.35. The van der Waals surface area contributed by atoms with E-state index < -0.39 is 0 Å². The molecule has 0 radical (unpaired) electrons. The largest absolute Gasteiger partial charge is 0.393 e. The van der Waals surface area contributed by atoms with Crippen molar-refractivity contribution in [1.29, 1.82) is 0 Å². The van der Waals surface area contributed by atoms with E-state index in [0.29, 0.717) is 44.2 Å². The molecule has 144 valence electrons. The summed E-state index contributed by atoms with van der Waals surface area (Å²) in [5, 5.41) is 12.5. The van der Waals surface area contributed by atoms with Crippen molar-refractivity contribution in [1.82, 2.24) is 10.2 Å². The first-order chi connectivity index (χ1) is 12.6. The molecule has 0 spiro atoms. The van der Waals surface area contributed by atoms with Gasteiger partial charge in [0.2, 0.25) is 0 Å². The summed E-state index contributed by atoms with van der Waals surface area (Å²) in [4.78, 5) is 16.4. The maximum absolute atomic E-state index is 14.5. The summed E-state index contributed by atoms with van der Waals surface area (Å²) in [5.74, 6) is -0.266. The number of likely N-dealkylation sites (tertiary alicyclic amines) is 1. The minimum Gasteiger partial charge on any atom is -0.393 e. The predicted molar refractivity (Wildman–Crippen MR) is 101 cm³/mol. The van der Waals surface area contributed by atoms with Crippen LogP contribution in [0.15, 0.2) is 18.2 Å². The smallest absolute Gasteiger partial charge is 0.317 e. The molecule has 0 aromatic heterocycles. The molecule has 2 heterocycles. The monoisotopic (exact) mass is 363 g/mol. The quantitative estimate of drug-likeness (QED) is 0.863. The molecule has 26 heavy (non-hydrogen) atoms. The van der Waals surface area contributed by atoms with Crippen LogP contribution >= 0.6 is 0 Å². The Labute approximate surface area is 155 Å².